The molecule has 0 atom stereocenters. The van der Waals surface area contributed by atoms with Crippen LogP contribution in [0.25, 0.3) is 0 Å². The first-order valence-electron chi connectivity index (χ1n) is 4.76. The van der Waals surface area contributed by atoms with Crippen LogP contribution in [-0.4, -0.2) is 56.0 Å². The lowest BCUT2D eigenvalue weighted by molar-refractivity contribution is -0.129. The number of hydrogen-bond donors (Lipinski definition) is 1. The third-order valence-corrected chi connectivity index (χ3v) is 2.51. The van der Waals surface area contributed by atoms with Crippen LogP contribution >= 0.6 is 0 Å². The van der Waals surface area contributed by atoms with Crippen LogP contribution in [0.4, 0.5) is 0 Å². The van der Waals surface area contributed by atoms with E-state index in [1.54, 1.807) is 19.0 Å². The van der Waals surface area contributed by atoms with Crippen LogP contribution in [-0.2, 0) is 4.79 Å². The molecule has 0 unspecified atom stereocenters. The summed E-state index contributed by atoms with van der Waals surface area (Å²) in [4.78, 5) is 15.1. The number of carbonyl (C=O) groups is 1. The van der Waals surface area contributed by atoms with Gasteiger partial charge >= 0.3 is 0 Å². The fraction of sp³-hybridized carbons (Fsp3) is 0.889. The number of likely N-dealkylation sites (tertiary alicyclic amines) is 1. The molecular weight excluding hydrogens is 166 g/mol. The second-order valence-electron chi connectivity index (χ2n) is 3.90. The molecule has 1 fully saturated rings. The zero-order valence-corrected chi connectivity index (χ0v) is 8.49. The Morgan fingerprint density at radius 2 is 2.15 bits per heavy atom. The Kier molecular flexibility index (Phi) is 3.69. The summed E-state index contributed by atoms with van der Waals surface area (Å²) in [5.74, 6) is 0.866. The zero-order valence-electron chi connectivity index (χ0n) is 8.49. The Morgan fingerprint density at radius 1 is 1.54 bits per heavy atom. The van der Waals surface area contributed by atoms with Crippen LogP contribution < -0.4 is 5.73 Å². The van der Waals surface area contributed by atoms with E-state index in [0.29, 0.717) is 12.3 Å². The molecule has 1 aliphatic heterocycles. The van der Waals surface area contributed by atoms with Gasteiger partial charge in [-0.15, -0.1) is 0 Å². The Labute approximate surface area is 79.7 Å². The molecule has 0 saturated carbocycles. The molecule has 76 valence electrons. The van der Waals surface area contributed by atoms with E-state index in [2.05, 4.69) is 4.90 Å². The van der Waals surface area contributed by atoms with Gasteiger partial charge in [-0.2, -0.15) is 0 Å². The van der Waals surface area contributed by atoms with Crippen LogP contribution in [0, 0.1) is 5.92 Å². The lowest BCUT2D eigenvalue weighted by Crippen LogP contribution is -2.50. The van der Waals surface area contributed by atoms with Crippen LogP contribution in [0.15, 0.2) is 0 Å². The molecule has 13 heavy (non-hydrogen) atoms. The predicted molar refractivity (Wildman–Crippen MR) is 52.3 cm³/mol. The summed E-state index contributed by atoms with van der Waals surface area (Å²) >= 11 is 0. The third kappa shape index (κ3) is 2.97. The van der Waals surface area contributed by atoms with Crippen molar-refractivity contribution < 1.29 is 4.79 Å². The molecule has 0 aromatic heterocycles. The topological polar surface area (TPSA) is 49.6 Å². The van der Waals surface area contributed by atoms with Crippen molar-refractivity contribution in [3.05, 3.63) is 0 Å². The number of nitrogens with two attached hydrogens (primary N) is 1. The van der Waals surface area contributed by atoms with Gasteiger partial charge in [0.15, 0.2) is 0 Å². The van der Waals surface area contributed by atoms with Gasteiger partial charge in [0.2, 0.25) is 5.91 Å². The SMILES string of the molecule is CN(C)C(=O)CCN1CC(CN)C1. The van der Waals surface area contributed by atoms with Crippen molar-refractivity contribution in [2.75, 3.05) is 40.3 Å². The van der Waals surface area contributed by atoms with Crippen molar-refractivity contribution in [2.45, 2.75) is 6.42 Å². The van der Waals surface area contributed by atoms with E-state index in [0.717, 1.165) is 26.2 Å². The highest BCUT2D eigenvalue weighted by molar-refractivity contribution is 5.75. The van der Waals surface area contributed by atoms with Crippen molar-refractivity contribution in [2.24, 2.45) is 11.7 Å². The summed E-state index contributed by atoms with van der Waals surface area (Å²) in [6.45, 7) is 3.79. The van der Waals surface area contributed by atoms with Crippen molar-refractivity contribution in [3.8, 4) is 0 Å². The molecule has 1 heterocycles. The zero-order chi connectivity index (χ0) is 9.84. The highest BCUT2D eigenvalue weighted by Crippen LogP contribution is 2.13. The van der Waals surface area contributed by atoms with E-state index in [1.807, 2.05) is 0 Å². The first-order chi connectivity index (χ1) is 6.13. The average molecular weight is 185 g/mol. The average Bonchev–Trinajstić information content (AvgIpc) is 2.01. The van der Waals surface area contributed by atoms with Crippen molar-refractivity contribution in [1.82, 2.24) is 9.80 Å². The van der Waals surface area contributed by atoms with E-state index >= 15 is 0 Å². The summed E-state index contributed by atoms with van der Waals surface area (Å²) in [5.41, 5.74) is 5.50. The van der Waals surface area contributed by atoms with Gasteiger partial charge in [-0.3, -0.25) is 4.79 Å². The van der Waals surface area contributed by atoms with Gasteiger partial charge in [0.05, 0.1) is 0 Å². The molecule has 1 aliphatic rings. The summed E-state index contributed by atoms with van der Waals surface area (Å²) < 4.78 is 0. The number of amides is 1. The molecule has 0 aromatic carbocycles. The van der Waals surface area contributed by atoms with Gasteiger partial charge in [0.1, 0.15) is 0 Å². The van der Waals surface area contributed by atoms with Gasteiger partial charge < -0.3 is 15.5 Å². The van der Waals surface area contributed by atoms with E-state index in [9.17, 15) is 4.79 Å². The van der Waals surface area contributed by atoms with Crippen LogP contribution in [0.5, 0.6) is 0 Å². The van der Waals surface area contributed by atoms with Crippen molar-refractivity contribution in [3.63, 3.8) is 0 Å². The number of carbonyl (C=O) groups excluding carboxylic acids is 1. The van der Waals surface area contributed by atoms with Gasteiger partial charge in [-0.1, -0.05) is 0 Å². The molecular formula is C9H19N3O. The van der Waals surface area contributed by atoms with E-state index in [-0.39, 0.29) is 5.91 Å². The predicted octanol–water partition coefficient (Wildman–Crippen LogP) is -0.645. The van der Waals surface area contributed by atoms with Gasteiger partial charge in [0, 0.05) is 40.2 Å². The first kappa shape index (κ1) is 10.5. The third-order valence-electron chi connectivity index (χ3n) is 2.51. The highest BCUT2D eigenvalue weighted by atomic mass is 16.2. The fourth-order valence-electron chi connectivity index (χ4n) is 1.49. The largest absolute Gasteiger partial charge is 0.349 e. The standard InChI is InChI=1S/C9H19N3O/c1-11(2)9(13)3-4-12-6-8(5-10)7-12/h8H,3-7,10H2,1-2H3. The Balaban J connectivity index is 2.05. The second kappa shape index (κ2) is 4.58. The molecule has 1 amide bonds. The molecule has 1 saturated heterocycles. The lowest BCUT2D eigenvalue weighted by Gasteiger charge is -2.38. The molecule has 2 N–H and O–H groups in total. The summed E-state index contributed by atoms with van der Waals surface area (Å²) in [7, 11) is 3.59. The number of rotatable bonds is 4. The molecule has 0 radical (unpaired) electrons. The van der Waals surface area contributed by atoms with Gasteiger partial charge in [0.25, 0.3) is 0 Å². The van der Waals surface area contributed by atoms with E-state index < -0.39 is 0 Å². The summed E-state index contributed by atoms with van der Waals surface area (Å²) in [6, 6.07) is 0. The Morgan fingerprint density at radius 3 is 2.62 bits per heavy atom. The molecule has 0 aliphatic carbocycles. The number of hydrogen-bond acceptors (Lipinski definition) is 3. The maximum atomic E-state index is 11.2. The minimum Gasteiger partial charge on any atom is -0.349 e. The van der Waals surface area contributed by atoms with E-state index in [1.165, 1.54) is 0 Å². The maximum absolute atomic E-state index is 11.2. The van der Waals surface area contributed by atoms with Crippen molar-refractivity contribution in [1.29, 1.82) is 0 Å². The quantitative estimate of drug-likeness (QED) is 0.633. The molecule has 4 heteroatoms. The monoisotopic (exact) mass is 185 g/mol. The van der Waals surface area contributed by atoms with E-state index in [4.69, 9.17) is 5.73 Å². The molecule has 4 nitrogen and oxygen atoms in total. The Bertz CT molecular complexity index is 176. The summed E-state index contributed by atoms with van der Waals surface area (Å²) in [5, 5.41) is 0. The first-order valence-corrected chi connectivity index (χ1v) is 4.76. The van der Waals surface area contributed by atoms with Crippen molar-refractivity contribution >= 4 is 5.91 Å². The van der Waals surface area contributed by atoms with Gasteiger partial charge in [-0.05, 0) is 12.5 Å². The van der Waals surface area contributed by atoms with Crippen LogP contribution in [0.2, 0.25) is 0 Å². The molecule has 0 bridgehead atoms. The Hall–Kier alpha value is -0.610. The van der Waals surface area contributed by atoms with Gasteiger partial charge in [-0.25, -0.2) is 0 Å². The van der Waals surface area contributed by atoms with Crippen LogP contribution in [0.1, 0.15) is 6.42 Å². The normalized spacial score (nSPS) is 18.4. The fourth-order valence-corrected chi connectivity index (χ4v) is 1.49. The highest BCUT2D eigenvalue weighted by Gasteiger charge is 2.25. The minimum atomic E-state index is 0.205. The minimum absolute atomic E-state index is 0.205. The maximum Gasteiger partial charge on any atom is 0.223 e. The molecule has 0 spiro atoms. The van der Waals surface area contributed by atoms with Crippen LogP contribution in [0.3, 0.4) is 0 Å². The smallest absolute Gasteiger partial charge is 0.223 e. The molecule has 1 rings (SSSR count). The number of nitrogens with zero attached hydrogens (tertiary/aromatic N) is 2. The lowest BCUT2D eigenvalue weighted by atomic mass is 10.0. The second-order valence-corrected chi connectivity index (χ2v) is 3.90. The molecule has 0 aromatic rings. The summed E-state index contributed by atoms with van der Waals surface area (Å²) in [6.07, 6.45) is 0.629.